The Morgan fingerprint density at radius 3 is 2.61 bits per heavy atom. The second-order valence-corrected chi connectivity index (χ2v) is 11.0. The first-order valence-corrected chi connectivity index (χ1v) is 13.2. The highest BCUT2D eigenvalue weighted by Gasteiger charge is 2.59. The molecule has 3 aromatic rings. The number of thioether (sulfide) groups is 1. The molecule has 1 amide bonds. The van der Waals surface area contributed by atoms with Crippen molar-refractivity contribution in [2.24, 2.45) is 0 Å². The molecule has 1 aliphatic carbocycles. The Morgan fingerprint density at radius 2 is 1.81 bits per heavy atom. The van der Waals surface area contributed by atoms with Crippen LogP contribution in [-0.2, 0) is 5.75 Å². The van der Waals surface area contributed by atoms with Crippen LogP contribution in [0.1, 0.15) is 65.3 Å². The molecular formula is C27H23F2N3O3S. The summed E-state index contributed by atoms with van der Waals surface area (Å²) in [5, 5.41) is 12.8. The molecule has 4 heterocycles. The third-order valence-electron chi connectivity index (χ3n) is 8.15. The number of pyridine rings is 1. The van der Waals surface area contributed by atoms with Crippen molar-refractivity contribution in [1.29, 1.82) is 0 Å². The topological polar surface area (TPSA) is 65.8 Å². The van der Waals surface area contributed by atoms with E-state index in [0.717, 1.165) is 42.2 Å². The number of amides is 1. The van der Waals surface area contributed by atoms with Crippen LogP contribution in [0.25, 0.3) is 0 Å². The molecular weight excluding hydrogens is 484 g/mol. The molecule has 4 aliphatic rings. The number of piperidine rings is 1. The normalized spacial score (nSPS) is 23.4. The molecule has 1 saturated heterocycles. The first-order chi connectivity index (χ1) is 17.4. The van der Waals surface area contributed by atoms with E-state index >= 15 is 4.39 Å². The molecule has 0 radical (unpaired) electrons. The molecule has 2 fully saturated rings. The molecule has 0 unspecified atom stereocenters. The van der Waals surface area contributed by atoms with E-state index in [0.29, 0.717) is 12.0 Å². The minimum absolute atomic E-state index is 0.0783. The molecule has 1 spiro atoms. The van der Waals surface area contributed by atoms with Gasteiger partial charge in [-0.1, -0.05) is 24.3 Å². The predicted molar refractivity (Wildman–Crippen MR) is 131 cm³/mol. The second kappa shape index (κ2) is 7.59. The minimum Gasteiger partial charge on any atom is -0.502 e. The zero-order valence-electron chi connectivity index (χ0n) is 19.3. The largest absolute Gasteiger partial charge is 0.502 e. The molecule has 2 atom stereocenters. The van der Waals surface area contributed by atoms with Gasteiger partial charge in [0.2, 0.25) is 5.43 Å². The fourth-order valence-corrected chi connectivity index (χ4v) is 7.44. The minimum atomic E-state index is -0.897. The summed E-state index contributed by atoms with van der Waals surface area (Å²) in [6, 6.07) is 11.2. The van der Waals surface area contributed by atoms with E-state index in [1.54, 1.807) is 10.7 Å². The summed E-state index contributed by atoms with van der Waals surface area (Å²) < 4.78 is 31.2. The summed E-state index contributed by atoms with van der Waals surface area (Å²) in [5.74, 6) is -2.45. The Hall–Kier alpha value is -3.33. The Bertz CT molecular complexity index is 1500. The fraction of sp³-hybridized carbons (Fsp3) is 0.333. The highest BCUT2D eigenvalue weighted by molar-refractivity contribution is 7.98. The molecule has 0 bridgehead atoms. The molecule has 6 nitrogen and oxygen atoms in total. The Morgan fingerprint density at radius 1 is 1.00 bits per heavy atom. The molecule has 9 heteroatoms. The van der Waals surface area contributed by atoms with E-state index < -0.39 is 28.9 Å². The van der Waals surface area contributed by atoms with Crippen molar-refractivity contribution in [3.63, 3.8) is 0 Å². The summed E-state index contributed by atoms with van der Waals surface area (Å²) in [5.41, 5.74) is 0.804. The van der Waals surface area contributed by atoms with Gasteiger partial charge in [-0.25, -0.2) is 8.78 Å². The maximum atomic E-state index is 15.2. The quantitative estimate of drug-likeness (QED) is 0.519. The van der Waals surface area contributed by atoms with Crippen LogP contribution in [0.3, 0.4) is 0 Å². The van der Waals surface area contributed by atoms with Crippen molar-refractivity contribution in [1.82, 2.24) is 9.58 Å². The van der Waals surface area contributed by atoms with E-state index in [1.807, 2.05) is 34.2 Å². The Balaban J connectivity index is 1.54. The van der Waals surface area contributed by atoms with Gasteiger partial charge in [-0.2, -0.15) is 0 Å². The van der Waals surface area contributed by atoms with Crippen molar-refractivity contribution in [3.05, 3.63) is 92.9 Å². The van der Waals surface area contributed by atoms with Gasteiger partial charge in [0.15, 0.2) is 23.1 Å². The second-order valence-electron chi connectivity index (χ2n) is 10.0. The van der Waals surface area contributed by atoms with E-state index in [4.69, 9.17) is 0 Å². The number of hydrogen-bond acceptors (Lipinski definition) is 5. The van der Waals surface area contributed by atoms with Gasteiger partial charge in [0.1, 0.15) is 6.17 Å². The lowest BCUT2D eigenvalue weighted by molar-refractivity contribution is 0.0202. The van der Waals surface area contributed by atoms with Gasteiger partial charge < -0.3 is 10.0 Å². The van der Waals surface area contributed by atoms with Gasteiger partial charge in [0.25, 0.3) is 5.91 Å². The highest BCUT2D eigenvalue weighted by atomic mass is 32.2. The summed E-state index contributed by atoms with van der Waals surface area (Å²) in [4.78, 5) is 29.1. The zero-order valence-corrected chi connectivity index (χ0v) is 20.1. The smallest absolute Gasteiger partial charge is 0.278 e. The van der Waals surface area contributed by atoms with E-state index in [2.05, 4.69) is 0 Å². The first-order valence-electron chi connectivity index (χ1n) is 12.2. The lowest BCUT2D eigenvalue weighted by Gasteiger charge is -2.54. The molecule has 2 aromatic carbocycles. The van der Waals surface area contributed by atoms with Crippen LogP contribution >= 0.6 is 11.8 Å². The van der Waals surface area contributed by atoms with Crippen LogP contribution in [0.2, 0.25) is 0 Å². The number of aromatic nitrogens is 1. The van der Waals surface area contributed by atoms with Crippen LogP contribution in [0.15, 0.2) is 58.4 Å². The molecule has 1 saturated carbocycles. The molecule has 36 heavy (non-hydrogen) atoms. The van der Waals surface area contributed by atoms with Crippen molar-refractivity contribution in [2.45, 2.75) is 60.5 Å². The summed E-state index contributed by atoms with van der Waals surface area (Å²) in [7, 11) is 0. The first kappa shape index (κ1) is 21.9. The third kappa shape index (κ3) is 2.89. The third-order valence-corrected chi connectivity index (χ3v) is 9.26. The maximum Gasteiger partial charge on any atom is 0.278 e. The van der Waals surface area contributed by atoms with E-state index in [1.165, 1.54) is 24.0 Å². The van der Waals surface area contributed by atoms with Gasteiger partial charge in [-0.05, 0) is 55.4 Å². The number of nitrogens with zero attached hydrogens (tertiary/aromatic N) is 3. The van der Waals surface area contributed by atoms with Gasteiger partial charge in [0, 0.05) is 34.0 Å². The Kier molecular flexibility index (Phi) is 4.62. The van der Waals surface area contributed by atoms with Crippen LogP contribution in [-0.4, -0.2) is 32.3 Å². The van der Waals surface area contributed by atoms with Crippen molar-refractivity contribution < 1.29 is 18.7 Å². The summed E-state index contributed by atoms with van der Waals surface area (Å²) in [6.45, 7) is 0. The number of fused-ring (bicyclic) bond motifs is 5. The van der Waals surface area contributed by atoms with E-state index in [-0.39, 0.29) is 34.6 Å². The van der Waals surface area contributed by atoms with Crippen molar-refractivity contribution in [2.75, 3.05) is 5.01 Å². The van der Waals surface area contributed by atoms with Gasteiger partial charge >= 0.3 is 0 Å². The fourth-order valence-electron chi connectivity index (χ4n) is 6.33. The van der Waals surface area contributed by atoms with Gasteiger partial charge in [0.05, 0.1) is 6.04 Å². The lowest BCUT2D eigenvalue weighted by Crippen LogP contribution is -2.67. The zero-order chi connectivity index (χ0) is 24.8. The number of benzene rings is 2. The number of aromatic hydroxyl groups is 1. The number of halogens is 2. The number of hydrogen-bond donors (Lipinski definition) is 1. The SMILES string of the molecule is O=C1c2c(O)c(=O)ccn2N([C@@H]2c3ccccc3SCc3c2ccc(F)c3F)[C@@H]2CCCC3(CC3)N12. The predicted octanol–water partition coefficient (Wildman–Crippen LogP) is 4.66. The van der Waals surface area contributed by atoms with Crippen LogP contribution in [0.4, 0.5) is 8.78 Å². The van der Waals surface area contributed by atoms with Crippen molar-refractivity contribution in [3.8, 4) is 5.75 Å². The number of carbonyl (C=O) groups is 1. The molecule has 1 aromatic heterocycles. The van der Waals surface area contributed by atoms with Crippen LogP contribution in [0, 0.1) is 11.6 Å². The Labute approximate surface area is 210 Å². The van der Waals surface area contributed by atoms with Gasteiger partial charge in [-0.15, -0.1) is 11.8 Å². The van der Waals surface area contributed by atoms with E-state index in [9.17, 15) is 19.1 Å². The summed E-state index contributed by atoms with van der Waals surface area (Å²) >= 11 is 1.45. The molecule has 184 valence electrons. The number of carbonyl (C=O) groups excluding carboxylic acids is 1. The summed E-state index contributed by atoms with van der Waals surface area (Å²) in [6.07, 6.45) is 5.36. The van der Waals surface area contributed by atoms with Crippen LogP contribution in [0.5, 0.6) is 5.75 Å². The van der Waals surface area contributed by atoms with Crippen LogP contribution < -0.4 is 10.4 Å². The van der Waals surface area contributed by atoms with Crippen molar-refractivity contribution >= 4 is 17.7 Å². The highest BCUT2D eigenvalue weighted by Crippen LogP contribution is 2.54. The molecule has 1 N–H and O–H groups in total. The average molecular weight is 508 g/mol. The maximum absolute atomic E-state index is 15.2. The molecule has 3 aliphatic heterocycles. The monoisotopic (exact) mass is 507 g/mol. The standard InChI is InChI=1S/C27H23F2N3O3S/c28-18-8-7-15-17(22(18)29)14-36-20-5-2-1-4-16(20)23(15)32-21-6-3-10-27(11-12-27)31(21)26(35)24-25(34)19(33)9-13-30(24)32/h1-2,4-5,7-9,13,21,23,34H,3,6,10-12,14H2/t21-,23+/m1/s1. The lowest BCUT2D eigenvalue weighted by atomic mass is 9.90. The molecule has 7 rings (SSSR count). The average Bonchev–Trinajstić information content (AvgIpc) is 3.66. The number of rotatable bonds is 1. The van der Waals surface area contributed by atoms with Gasteiger partial charge in [-0.3, -0.25) is 19.3 Å².